The molecule has 0 spiro atoms. The maximum absolute atomic E-state index is 4.12. The Morgan fingerprint density at radius 1 is 1.58 bits per heavy atom. The van der Waals surface area contributed by atoms with Crippen molar-refractivity contribution in [1.82, 2.24) is 20.1 Å². The van der Waals surface area contributed by atoms with E-state index in [0.29, 0.717) is 6.04 Å². The van der Waals surface area contributed by atoms with Crippen LogP contribution in [-0.2, 0) is 13.5 Å². The van der Waals surface area contributed by atoms with E-state index in [0.717, 1.165) is 18.8 Å². The van der Waals surface area contributed by atoms with Crippen LogP contribution in [0.3, 0.4) is 0 Å². The summed E-state index contributed by atoms with van der Waals surface area (Å²) >= 11 is 0. The Morgan fingerprint density at radius 2 is 2.33 bits per heavy atom. The van der Waals surface area contributed by atoms with Crippen molar-refractivity contribution in [3.05, 3.63) is 12.2 Å². The molecule has 1 aromatic heterocycles. The molecule has 0 aromatic carbocycles. The molecule has 0 unspecified atom stereocenters. The van der Waals surface area contributed by atoms with Crippen molar-refractivity contribution in [1.29, 1.82) is 0 Å². The third kappa shape index (κ3) is 2.62. The van der Waals surface area contributed by atoms with Crippen LogP contribution in [0.5, 0.6) is 0 Å². The fraction of sp³-hybridized carbons (Fsp3) is 0.750. The first-order chi connectivity index (χ1) is 5.70. The molecule has 0 saturated carbocycles. The van der Waals surface area contributed by atoms with Crippen LogP contribution < -0.4 is 5.32 Å². The highest BCUT2D eigenvalue weighted by molar-refractivity contribution is 4.84. The molecule has 68 valence electrons. The Hall–Kier alpha value is -0.900. The first-order valence-corrected chi connectivity index (χ1v) is 4.26. The largest absolute Gasteiger partial charge is 0.314 e. The Morgan fingerprint density at radius 3 is 2.83 bits per heavy atom. The van der Waals surface area contributed by atoms with E-state index in [-0.39, 0.29) is 0 Å². The van der Waals surface area contributed by atoms with Crippen LogP contribution in [-0.4, -0.2) is 27.4 Å². The van der Waals surface area contributed by atoms with Gasteiger partial charge in [0, 0.05) is 26.1 Å². The summed E-state index contributed by atoms with van der Waals surface area (Å²) in [6.45, 7) is 5.23. The summed E-state index contributed by atoms with van der Waals surface area (Å²) in [5.41, 5.74) is 0. The average Bonchev–Trinajstić information content (AvgIpc) is 2.36. The second kappa shape index (κ2) is 4.21. The highest BCUT2D eigenvalue weighted by atomic mass is 15.3. The molecular formula is C8H16N4. The van der Waals surface area contributed by atoms with Crippen LogP contribution >= 0.6 is 0 Å². The van der Waals surface area contributed by atoms with Gasteiger partial charge in [0.15, 0.2) is 0 Å². The van der Waals surface area contributed by atoms with Gasteiger partial charge in [-0.3, -0.25) is 4.68 Å². The summed E-state index contributed by atoms with van der Waals surface area (Å²) in [5.74, 6) is 1.03. The van der Waals surface area contributed by atoms with Gasteiger partial charge in [0.1, 0.15) is 12.2 Å². The molecule has 0 amide bonds. The first-order valence-electron chi connectivity index (χ1n) is 4.26. The van der Waals surface area contributed by atoms with Crippen LogP contribution in [0.2, 0.25) is 0 Å². The van der Waals surface area contributed by atoms with Crippen molar-refractivity contribution in [2.24, 2.45) is 7.05 Å². The lowest BCUT2D eigenvalue weighted by Crippen LogP contribution is -2.25. The number of nitrogens with zero attached hydrogens (tertiary/aromatic N) is 3. The number of nitrogens with one attached hydrogen (secondary N) is 1. The van der Waals surface area contributed by atoms with Gasteiger partial charge in [-0.2, -0.15) is 5.10 Å². The SMILES string of the molecule is CC(C)NCCc1ncnn1C. The minimum Gasteiger partial charge on any atom is -0.314 e. The zero-order chi connectivity index (χ0) is 8.97. The van der Waals surface area contributed by atoms with Gasteiger partial charge in [-0.25, -0.2) is 4.98 Å². The predicted octanol–water partition coefficient (Wildman–Crippen LogP) is 0.356. The molecule has 0 aliphatic carbocycles. The maximum Gasteiger partial charge on any atom is 0.138 e. The molecule has 0 aliphatic rings. The van der Waals surface area contributed by atoms with E-state index < -0.39 is 0 Å². The number of aryl methyl sites for hydroxylation is 1. The Labute approximate surface area is 73.0 Å². The quantitative estimate of drug-likeness (QED) is 0.705. The van der Waals surface area contributed by atoms with Crippen LogP contribution in [0.4, 0.5) is 0 Å². The molecule has 0 atom stereocenters. The third-order valence-electron chi connectivity index (χ3n) is 1.71. The van der Waals surface area contributed by atoms with E-state index in [2.05, 4.69) is 29.2 Å². The lowest BCUT2D eigenvalue weighted by atomic mass is 10.3. The fourth-order valence-corrected chi connectivity index (χ4v) is 1.02. The Balaban J connectivity index is 2.29. The van der Waals surface area contributed by atoms with Crippen molar-refractivity contribution < 1.29 is 0 Å². The van der Waals surface area contributed by atoms with E-state index in [4.69, 9.17) is 0 Å². The van der Waals surface area contributed by atoms with Crippen LogP contribution in [0, 0.1) is 0 Å². The van der Waals surface area contributed by atoms with Crippen molar-refractivity contribution in [3.63, 3.8) is 0 Å². The Kier molecular flexibility index (Phi) is 3.22. The summed E-state index contributed by atoms with van der Waals surface area (Å²) in [6, 6.07) is 0.540. The lowest BCUT2D eigenvalue weighted by molar-refractivity contribution is 0.571. The highest BCUT2D eigenvalue weighted by Gasteiger charge is 1.99. The predicted molar refractivity (Wildman–Crippen MR) is 47.8 cm³/mol. The summed E-state index contributed by atoms with van der Waals surface area (Å²) < 4.78 is 1.81. The smallest absolute Gasteiger partial charge is 0.138 e. The zero-order valence-corrected chi connectivity index (χ0v) is 7.91. The number of hydrogen-bond donors (Lipinski definition) is 1. The highest BCUT2D eigenvalue weighted by Crippen LogP contribution is 1.90. The monoisotopic (exact) mass is 168 g/mol. The molecule has 4 heteroatoms. The van der Waals surface area contributed by atoms with Crippen LogP contribution in [0.15, 0.2) is 6.33 Å². The molecule has 1 aromatic rings. The van der Waals surface area contributed by atoms with Crippen molar-refractivity contribution in [3.8, 4) is 0 Å². The summed E-state index contributed by atoms with van der Waals surface area (Å²) in [7, 11) is 1.91. The minimum absolute atomic E-state index is 0.540. The van der Waals surface area contributed by atoms with E-state index in [1.807, 2.05) is 11.7 Å². The fourth-order valence-electron chi connectivity index (χ4n) is 1.02. The van der Waals surface area contributed by atoms with Gasteiger partial charge in [0.2, 0.25) is 0 Å². The third-order valence-corrected chi connectivity index (χ3v) is 1.71. The average molecular weight is 168 g/mol. The first kappa shape index (κ1) is 9.19. The van der Waals surface area contributed by atoms with Gasteiger partial charge in [0.05, 0.1) is 0 Å². The van der Waals surface area contributed by atoms with E-state index in [9.17, 15) is 0 Å². The molecule has 4 nitrogen and oxygen atoms in total. The molecule has 0 aliphatic heterocycles. The Bertz CT molecular complexity index is 229. The van der Waals surface area contributed by atoms with Crippen molar-refractivity contribution in [2.75, 3.05) is 6.54 Å². The van der Waals surface area contributed by atoms with E-state index in [1.54, 1.807) is 6.33 Å². The zero-order valence-electron chi connectivity index (χ0n) is 7.91. The lowest BCUT2D eigenvalue weighted by Gasteiger charge is -2.06. The van der Waals surface area contributed by atoms with E-state index >= 15 is 0 Å². The minimum atomic E-state index is 0.540. The van der Waals surface area contributed by atoms with Crippen molar-refractivity contribution in [2.45, 2.75) is 26.3 Å². The van der Waals surface area contributed by atoms with Gasteiger partial charge in [0.25, 0.3) is 0 Å². The maximum atomic E-state index is 4.12. The van der Waals surface area contributed by atoms with Gasteiger partial charge >= 0.3 is 0 Å². The molecule has 0 fully saturated rings. The molecular weight excluding hydrogens is 152 g/mol. The number of rotatable bonds is 4. The molecule has 1 heterocycles. The van der Waals surface area contributed by atoms with Crippen LogP contribution in [0.1, 0.15) is 19.7 Å². The second-order valence-corrected chi connectivity index (χ2v) is 3.16. The van der Waals surface area contributed by atoms with Gasteiger partial charge in [-0.1, -0.05) is 13.8 Å². The molecule has 12 heavy (non-hydrogen) atoms. The van der Waals surface area contributed by atoms with Crippen molar-refractivity contribution >= 4 is 0 Å². The normalized spacial score (nSPS) is 11.0. The number of hydrogen-bond acceptors (Lipinski definition) is 3. The molecule has 0 bridgehead atoms. The van der Waals surface area contributed by atoms with Gasteiger partial charge in [-0.15, -0.1) is 0 Å². The number of aromatic nitrogens is 3. The van der Waals surface area contributed by atoms with Gasteiger partial charge in [-0.05, 0) is 0 Å². The summed E-state index contributed by atoms with van der Waals surface area (Å²) in [4.78, 5) is 4.12. The molecule has 1 N–H and O–H groups in total. The molecule has 1 rings (SSSR count). The standard InChI is InChI=1S/C8H16N4/c1-7(2)9-5-4-8-10-6-11-12(8)3/h6-7,9H,4-5H2,1-3H3. The molecule has 0 radical (unpaired) electrons. The summed E-state index contributed by atoms with van der Waals surface area (Å²) in [6.07, 6.45) is 2.53. The summed E-state index contributed by atoms with van der Waals surface area (Å²) in [5, 5.41) is 7.32. The van der Waals surface area contributed by atoms with Crippen LogP contribution in [0.25, 0.3) is 0 Å². The molecule has 0 saturated heterocycles. The second-order valence-electron chi connectivity index (χ2n) is 3.16. The van der Waals surface area contributed by atoms with E-state index in [1.165, 1.54) is 0 Å². The topological polar surface area (TPSA) is 42.7 Å². The van der Waals surface area contributed by atoms with Gasteiger partial charge < -0.3 is 5.32 Å².